The van der Waals surface area contributed by atoms with Crippen molar-refractivity contribution < 1.29 is 14.3 Å². The van der Waals surface area contributed by atoms with Crippen molar-refractivity contribution in [1.29, 1.82) is 0 Å². The van der Waals surface area contributed by atoms with Gasteiger partial charge in [0.05, 0.1) is 5.54 Å². The molecule has 1 fully saturated rings. The Morgan fingerprint density at radius 3 is 2.58 bits per heavy atom. The fraction of sp³-hybridized carbons (Fsp3) is 0.353. The Morgan fingerprint density at radius 2 is 2.00 bits per heavy atom. The third-order valence-electron chi connectivity index (χ3n) is 4.05. The summed E-state index contributed by atoms with van der Waals surface area (Å²) in [5, 5.41) is 2.85. The van der Waals surface area contributed by atoms with Gasteiger partial charge in [0.25, 0.3) is 11.5 Å². The topological polar surface area (TPSA) is 84.1 Å². The van der Waals surface area contributed by atoms with Crippen molar-refractivity contribution in [1.82, 2.24) is 15.3 Å². The van der Waals surface area contributed by atoms with Gasteiger partial charge in [-0.05, 0) is 44.4 Å². The van der Waals surface area contributed by atoms with Crippen LogP contribution in [0, 0.1) is 0 Å². The number of rotatable bonds is 5. The maximum absolute atomic E-state index is 12.5. The fourth-order valence-corrected chi connectivity index (χ4v) is 2.49. The van der Waals surface area contributed by atoms with Crippen LogP contribution in [0.15, 0.2) is 35.1 Å². The Balaban J connectivity index is 1.81. The monoisotopic (exact) mass is 331 g/mol. The van der Waals surface area contributed by atoms with Gasteiger partial charge < -0.3 is 10.3 Å². The number of nitrogens with one attached hydrogen (secondary N) is 2. The summed E-state index contributed by atoms with van der Waals surface area (Å²) in [6, 6.07) is 7.46. The van der Waals surface area contributed by atoms with Crippen LogP contribution in [0.4, 0.5) is 4.53 Å². The number of hydrogen-bond donors (Lipinski definition) is 2. The van der Waals surface area contributed by atoms with Gasteiger partial charge in [-0.2, -0.15) is 0 Å². The number of aromatic nitrogens is 2. The number of carbonyl (C=O) groups excluding carboxylic acids is 1. The van der Waals surface area contributed by atoms with Gasteiger partial charge in [0, 0.05) is 16.5 Å². The minimum Gasteiger partial charge on any atom is -0.342 e. The highest BCUT2D eigenvalue weighted by molar-refractivity contribution is 5.92. The molecular weight excluding hydrogens is 313 g/mol. The first-order chi connectivity index (χ1) is 11.4. The highest BCUT2D eigenvalue weighted by atomic mass is 19.3. The van der Waals surface area contributed by atoms with E-state index in [1.54, 1.807) is 12.1 Å². The van der Waals surface area contributed by atoms with E-state index < -0.39 is 11.4 Å². The van der Waals surface area contributed by atoms with E-state index in [4.69, 9.17) is 0 Å². The van der Waals surface area contributed by atoms with Crippen LogP contribution in [-0.2, 0) is 5.54 Å². The Bertz CT molecular complexity index is 811. The molecule has 0 radical (unpaired) electrons. The van der Waals surface area contributed by atoms with Crippen LogP contribution >= 0.6 is 0 Å². The van der Waals surface area contributed by atoms with E-state index in [1.165, 1.54) is 18.2 Å². The van der Waals surface area contributed by atoms with Gasteiger partial charge in [0.15, 0.2) is 5.75 Å². The first-order valence-corrected chi connectivity index (χ1v) is 7.72. The second-order valence-corrected chi connectivity index (χ2v) is 6.47. The van der Waals surface area contributed by atoms with Crippen molar-refractivity contribution in [2.24, 2.45) is 0 Å². The highest BCUT2D eigenvalue weighted by Crippen LogP contribution is 2.37. The zero-order valence-corrected chi connectivity index (χ0v) is 13.4. The van der Waals surface area contributed by atoms with E-state index in [9.17, 15) is 14.1 Å². The van der Waals surface area contributed by atoms with Crippen LogP contribution in [0.1, 0.15) is 54.5 Å². The van der Waals surface area contributed by atoms with Crippen LogP contribution in [-0.4, -0.2) is 15.9 Å². The molecule has 0 unspecified atom stereocenters. The summed E-state index contributed by atoms with van der Waals surface area (Å²) in [5.41, 5.74) is -0.198. The largest absolute Gasteiger partial charge is 0.342 e. The number of H-pyrrole nitrogens is 1. The summed E-state index contributed by atoms with van der Waals surface area (Å²) in [4.78, 5) is 34.8. The van der Waals surface area contributed by atoms with Crippen molar-refractivity contribution in [2.45, 2.75) is 38.1 Å². The van der Waals surface area contributed by atoms with Crippen molar-refractivity contribution in [3.8, 4) is 5.75 Å². The van der Waals surface area contributed by atoms with Crippen molar-refractivity contribution >= 4 is 5.91 Å². The van der Waals surface area contributed by atoms with Crippen LogP contribution in [0.3, 0.4) is 0 Å². The van der Waals surface area contributed by atoms with E-state index in [0.29, 0.717) is 5.82 Å². The molecule has 0 spiro atoms. The molecule has 2 N–H and O–H groups in total. The smallest absolute Gasteiger partial charge is 0.270 e. The van der Waals surface area contributed by atoms with E-state index in [-0.39, 0.29) is 22.9 Å². The first-order valence-electron chi connectivity index (χ1n) is 7.72. The molecule has 3 rings (SSSR count). The van der Waals surface area contributed by atoms with Crippen LogP contribution < -0.4 is 15.8 Å². The molecule has 1 aromatic heterocycles. The number of benzene rings is 1. The van der Waals surface area contributed by atoms with Gasteiger partial charge in [0.2, 0.25) is 0 Å². The molecular formula is C17H18FN3O3. The molecule has 24 heavy (non-hydrogen) atoms. The molecule has 1 saturated carbocycles. The minimum absolute atomic E-state index is 0.0891. The third kappa shape index (κ3) is 3.45. The van der Waals surface area contributed by atoms with Crippen LogP contribution in [0.5, 0.6) is 5.75 Å². The number of hydrogen-bond acceptors (Lipinski definition) is 4. The molecule has 1 amide bonds. The predicted octanol–water partition coefficient (Wildman–Crippen LogP) is 2.58. The van der Waals surface area contributed by atoms with E-state index in [2.05, 4.69) is 20.2 Å². The van der Waals surface area contributed by atoms with Crippen molar-refractivity contribution in [2.75, 3.05) is 0 Å². The molecule has 1 heterocycles. The van der Waals surface area contributed by atoms with E-state index >= 15 is 0 Å². The molecule has 1 aliphatic carbocycles. The van der Waals surface area contributed by atoms with Gasteiger partial charge in [-0.25, -0.2) is 4.98 Å². The lowest BCUT2D eigenvalue weighted by Crippen LogP contribution is -2.41. The molecule has 0 bridgehead atoms. The average molecular weight is 331 g/mol. The molecule has 0 atom stereocenters. The summed E-state index contributed by atoms with van der Waals surface area (Å²) < 4.78 is 12.1. The predicted molar refractivity (Wildman–Crippen MR) is 85.5 cm³/mol. The molecule has 1 aliphatic rings. The molecule has 1 aromatic carbocycles. The molecule has 126 valence electrons. The summed E-state index contributed by atoms with van der Waals surface area (Å²) in [6.45, 7) is 3.62. The summed E-state index contributed by atoms with van der Waals surface area (Å²) in [5.74, 6) is 0.464. The van der Waals surface area contributed by atoms with Crippen LogP contribution in [0.25, 0.3) is 0 Å². The number of aromatic amines is 1. The summed E-state index contributed by atoms with van der Waals surface area (Å²) in [7, 11) is 0. The van der Waals surface area contributed by atoms with Gasteiger partial charge in [-0.15, -0.1) is 0 Å². The second kappa shape index (κ2) is 6.07. The van der Waals surface area contributed by atoms with Crippen LogP contribution in [0.2, 0.25) is 0 Å². The zero-order valence-electron chi connectivity index (χ0n) is 13.4. The molecule has 2 aromatic rings. The molecule has 0 saturated heterocycles. The number of amides is 1. The summed E-state index contributed by atoms with van der Waals surface area (Å²) >= 11 is 0. The second-order valence-electron chi connectivity index (χ2n) is 6.47. The SMILES string of the molecule is CC(C)(NC(=O)c1cc(=O)[nH]c(C2CC2)n1)c1ccc(OF)cc1. The molecule has 7 heteroatoms. The lowest BCUT2D eigenvalue weighted by Gasteiger charge is -2.26. The normalized spacial score (nSPS) is 14.3. The Labute approximate surface area is 138 Å². The first kappa shape index (κ1) is 16.2. The van der Waals surface area contributed by atoms with Gasteiger partial charge in [-0.1, -0.05) is 12.1 Å². The Hall–Kier alpha value is -2.70. The maximum atomic E-state index is 12.5. The number of nitrogens with zero attached hydrogens (tertiary/aromatic N) is 1. The quantitative estimate of drug-likeness (QED) is 0.882. The number of carbonyl (C=O) groups is 1. The zero-order chi connectivity index (χ0) is 17.3. The van der Waals surface area contributed by atoms with E-state index in [0.717, 1.165) is 18.4 Å². The minimum atomic E-state index is -0.726. The van der Waals surface area contributed by atoms with Gasteiger partial charge in [-0.3, -0.25) is 14.5 Å². The molecule has 0 aliphatic heterocycles. The van der Waals surface area contributed by atoms with E-state index in [1.807, 2.05) is 13.8 Å². The average Bonchev–Trinajstić information content (AvgIpc) is 3.39. The Morgan fingerprint density at radius 1 is 1.33 bits per heavy atom. The van der Waals surface area contributed by atoms with Crippen molar-refractivity contribution in [3.63, 3.8) is 0 Å². The standard InChI is InChI=1S/C17H18FN3O3/c1-17(2,11-5-7-12(24-18)8-6-11)21-16(23)13-9-14(22)20-15(19-13)10-3-4-10/h5-10H,3-4H2,1-2H3,(H,21,23)(H,19,20,22). The van der Waals surface area contributed by atoms with Crippen molar-refractivity contribution in [3.05, 3.63) is 57.8 Å². The summed E-state index contributed by atoms with van der Waals surface area (Å²) in [6.07, 6.45) is 1.95. The highest BCUT2D eigenvalue weighted by Gasteiger charge is 2.28. The lowest BCUT2D eigenvalue weighted by atomic mass is 9.94. The maximum Gasteiger partial charge on any atom is 0.270 e. The lowest BCUT2D eigenvalue weighted by molar-refractivity contribution is -0.00624. The fourth-order valence-electron chi connectivity index (χ4n) is 2.49. The molecule has 6 nitrogen and oxygen atoms in total. The third-order valence-corrected chi connectivity index (χ3v) is 4.05. The Kier molecular flexibility index (Phi) is 4.09. The van der Waals surface area contributed by atoms with Gasteiger partial charge >= 0.3 is 0 Å². The van der Waals surface area contributed by atoms with Gasteiger partial charge in [0.1, 0.15) is 11.5 Å². The number of halogens is 1.